The second kappa shape index (κ2) is 8.39. The molecular weight excluding hydrogens is 348 g/mol. The molecule has 1 N–H and O–H groups in total. The summed E-state index contributed by atoms with van der Waals surface area (Å²) in [7, 11) is 0. The van der Waals surface area contributed by atoms with E-state index in [9.17, 15) is 0 Å². The second-order valence-corrected chi connectivity index (χ2v) is 6.39. The molecule has 1 aromatic heterocycles. The third kappa shape index (κ3) is 4.04. The Bertz CT molecular complexity index is 1090. The summed E-state index contributed by atoms with van der Waals surface area (Å²) in [5.41, 5.74) is 7.21. The van der Waals surface area contributed by atoms with Crippen molar-refractivity contribution in [3.63, 3.8) is 0 Å². The van der Waals surface area contributed by atoms with Gasteiger partial charge >= 0.3 is 0 Å². The van der Waals surface area contributed by atoms with Gasteiger partial charge in [-0.25, -0.2) is 10.4 Å². The Morgan fingerprint density at radius 2 is 1.82 bits per heavy atom. The summed E-state index contributed by atoms with van der Waals surface area (Å²) in [6, 6.07) is 26.1. The molecule has 0 aliphatic rings. The van der Waals surface area contributed by atoms with Gasteiger partial charge in [0.15, 0.2) is 0 Å². The summed E-state index contributed by atoms with van der Waals surface area (Å²) >= 11 is 0. The monoisotopic (exact) mass is 370 g/mol. The van der Waals surface area contributed by atoms with Gasteiger partial charge < -0.3 is 9.30 Å². The summed E-state index contributed by atoms with van der Waals surface area (Å²) in [6.45, 7) is 3.46. The highest BCUT2D eigenvalue weighted by Crippen LogP contribution is 2.19. The maximum atomic E-state index is 5.88. The summed E-state index contributed by atoms with van der Waals surface area (Å²) in [4.78, 5) is 4.61. The van der Waals surface area contributed by atoms with E-state index in [1.165, 1.54) is 0 Å². The first-order valence-electron chi connectivity index (χ1n) is 9.34. The van der Waals surface area contributed by atoms with Crippen molar-refractivity contribution in [3.8, 4) is 5.75 Å². The van der Waals surface area contributed by atoms with Gasteiger partial charge in [-0.1, -0.05) is 54.6 Å². The lowest BCUT2D eigenvalue weighted by atomic mass is 10.2. The number of ether oxygens (including phenoxy) is 1. The zero-order valence-electron chi connectivity index (χ0n) is 15.7. The van der Waals surface area contributed by atoms with Gasteiger partial charge in [-0.2, -0.15) is 5.10 Å². The van der Waals surface area contributed by atoms with Crippen molar-refractivity contribution in [2.24, 2.45) is 5.10 Å². The minimum atomic E-state index is 0.542. The highest BCUT2D eigenvalue weighted by molar-refractivity contribution is 5.81. The number of aromatic nitrogens is 2. The van der Waals surface area contributed by atoms with E-state index in [1.54, 1.807) is 6.21 Å². The second-order valence-electron chi connectivity index (χ2n) is 6.39. The van der Waals surface area contributed by atoms with Crippen molar-refractivity contribution in [2.45, 2.75) is 20.1 Å². The Balaban J connectivity index is 1.44. The smallest absolute Gasteiger partial charge is 0.224 e. The Labute approximate surface area is 164 Å². The van der Waals surface area contributed by atoms with Crippen molar-refractivity contribution in [1.82, 2.24) is 9.55 Å². The van der Waals surface area contributed by atoms with Crippen molar-refractivity contribution in [1.29, 1.82) is 0 Å². The molecule has 0 bridgehead atoms. The third-order valence-corrected chi connectivity index (χ3v) is 4.46. The van der Waals surface area contributed by atoms with E-state index in [1.807, 2.05) is 60.7 Å². The van der Waals surface area contributed by atoms with Crippen LogP contribution in [0.5, 0.6) is 5.75 Å². The van der Waals surface area contributed by atoms with Crippen LogP contribution >= 0.6 is 0 Å². The molecule has 0 amide bonds. The van der Waals surface area contributed by atoms with Crippen LogP contribution in [0.15, 0.2) is 84.0 Å². The van der Waals surface area contributed by atoms with Gasteiger partial charge in [-0.05, 0) is 42.3 Å². The number of nitrogens with zero attached hydrogens (tertiary/aromatic N) is 3. The van der Waals surface area contributed by atoms with E-state index < -0.39 is 0 Å². The number of hydrogen-bond donors (Lipinski definition) is 1. The third-order valence-electron chi connectivity index (χ3n) is 4.46. The number of rotatable bonds is 7. The Hall–Kier alpha value is -3.60. The molecule has 0 aliphatic carbocycles. The van der Waals surface area contributed by atoms with Gasteiger partial charge in [0.1, 0.15) is 12.4 Å². The molecule has 0 atom stereocenters. The van der Waals surface area contributed by atoms with Crippen LogP contribution in [0.3, 0.4) is 0 Å². The predicted molar refractivity (Wildman–Crippen MR) is 114 cm³/mol. The number of hydrogen-bond acceptors (Lipinski definition) is 4. The van der Waals surface area contributed by atoms with Crippen molar-refractivity contribution in [2.75, 3.05) is 5.43 Å². The first-order valence-corrected chi connectivity index (χ1v) is 9.34. The van der Waals surface area contributed by atoms with Crippen molar-refractivity contribution < 1.29 is 4.74 Å². The fraction of sp³-hybridized carbons (Fsp3) is 0.130. The standard InChI is InChI=1S/C23H22N4O/c1-2-27-22-14-7-6-13-21(22)25-23(27)26-24-16-19-11-8-12-20(15-19)28-17-18-9-4-3-5-10-18/h3-16H,2,17H2,1H3,(H,25,26)/b24-16-. The number of para-hydroxylation sites is 2. The van der Waals surface area contributed by atoms with Gasteiger partial charge in [-0.15, -0.1) is 0 Å². The number of imidazole rings is 1. The van der Waals surface area contributed by atoms with E-state index in [0.717, 1.165) is 40.4 Å². The van der Waals surface area contributed by atoms with E-state index in [4.69, 9.17) is 4.74 Å². The highest BCUT2D eigenvalue weighted by atomic mass is 16.5. The van der Waals surface area contributed by atoms with Crippen LogP contribution in [0.25, 0.3) is 11.0 Å². The average molecular weight is 370 g/mol. The molecule has 0 saturated carbocycles. The fourth-order valence-electron chi connectivity index (χ4n) is 3.07. The lowest BCUT2D eigenvalue weighted by Crippen LogP contribution is -2.02. The summed E-state index contributed by atoms with van der Waals surface area (Å²) in [5, 5.41) is 4.36. The largest absolute Gasteiger partial charge is 0.489 e. The maximum absolute atomic E-state index is 5.88. The molecule has 5 heteroatoms. The van der Waals surface area contributed by atoms with Crippen molar-refractivity contribution >= 4 is 23.2 Å². The van der Waals surface area contributed by atoms with Crippen LogP contribution in [-0.4, -0.2) is 15.8 Å². The molecule has 0 radical (unpaired) electrons. The summed E-state index contributed by atoms with van der Waals surface area (Å²) < 4.78 is 7.98. The minimum Gasteiger partial charge on any atom is -0.489 e. The van der Waals surface area contributed by atoms with E-state index >= 15 is 0 Å². The van der Waals surface area contributed by atoms with Crippen LogP contribution in [0.1, 0.15) is 18.1 Å². The fourth-order valence-corrected chi connectivity index (χ4v) is 3.07. The number of fused-ring (bicyclic) bond motifs is 1. The molecule has 0 saturated heterocycles. The first kappa shape index (κ1) is 17.8. The molecule has 1 heterocycles. The van der Waals surface area contributed by atoms with Gasteiger partial charge in [0.25, 0.3) is 0 Å². The zero-order chi connectivity index (χ0) is 19.2. The number of hydrazone groups is 1. The summed E-state index contributed by atoms with van der Waals surface area (Å²) in [6.07, 6.45) is 1.77. The molecular formula is C23H22N4O. The zero-order valence-corrected chi connectivity index (χ0v) is 15.7. The van der Waals surface area contributed by atoms with Crippen molar-refractivity contribution in [3.05, 3.63) is 90.0 Å². The molecule has 140 valence electrons. The topological polar surface area (TPSA) is 51.4 Å². The van der Waals surface area contributed by atoms with Crippen LogP contribution in [0.4, 0.5) is 5.95 Å². The molecule has 4 aromatic rings. The molecule has 3 aromatic carbocycles. The molecule has 4 rings (SSSR count). The van der Waals surface area contributed by atoms with E-state index in [-0.39, 0.29) is 0 Å². The maximum Gasteiger partial charge on any atom is 0.224 e. The minimum absolute atomic E-state index is 0.542. The SMILES string of the molecule is CCn1c(N/N=C\c2cccc(OCc3ccccc3)c2)nc2ccccc21. The Kier molecular flexibility index (Phi) is 5.33. The van der Waals surface area contributed by atoms with Gasteiger partial charge in [-0.3, -0.25) is 0 Å². The van der Waals surface area contributed by atoms with Gasteiger partial charge in [0.2, 0.25) is 5.95 Å². The predicted octanol–water partition coefficient (Wildman–Crippen LogP) is 5.08. The molecule has 0 fully saturated rings. The molecule has 5 nitrogen and oxygen atoms in total. The molecule has 0 unspecified atom stereocenters. The quantitative estimate of drug-likeness (QED) is 0.364. The summed E-state index contributed by atoms with van der Waals surface area (Å²) in [5.74, 6) is 1.55. The van der Waals surface area contributed by atoms with E-state index in [2.05, 4.69) is 45.2 Å². The first-order chi connectivity index (χ1) is 13.8. The number of anilines is 1. The molecule has 28 heavy (non-hydrogen) atoms. The highest BCUT2D eigenvalue weighted by Gasteiger charge is 2.07. The molecule has 0 aliphatic heterocycles. The van der Waals surface area contributed by atoms with Crippen LogP contribution in [0.2, 0.25) is 0 Å². The normalized spacial score (nSPS) is 11.2. The van der Waals surface area contributed by atoms with Gasteiger partial charge in [0, 0.05) is 6.54 Å². The Morgan fingerprint density at radius 3 is 2.68 bits per heavy atom. The van der Waals surface area contributed by atoms with Crippen LogP contribution in [0, 0.1) is 0 Å². The average Bonchev–Trinajstić information content (AvgIpc) is 3.11. The van der Waals surface area contributed by atoms with Crippen LogP contribution < -0.4 is 10.2 Å². The number of aryl methyl sites for hydroxylation is 1. The van der Waals surface area contributed by atoms with Crippen LogP contribution in [-0.2, 0) is 13.2 Å². The lowest BCUT2D eigenvalue weighted by molar-refractivity contribution is 0.306. The molecule has 0 spiro atoms. The lowest BCUT2D eigenvalue weighted by Gasteiger charge is -2.07. The van der Waals surface area contributed by atoms with E-state index in [0.29, 0.717) is 6.61 Å². The Morgan fingerprint density at radius 1 is 1.00 bits per heavy atom. The van der Waals surface area contributed by atoms with Gasteiger partial charge in [0.05, 0.1) is 17.2 Å². The number of benzene rings is 3. The number of nitrogens with one attached hydrogen (secondary N) is 1.